The van der Waals surface area contributed by atoms with Crippen molar-refractivity contribution in [3.8, 4) is 5.75 Å². The molecule has 2 aromatic carbocycles. The number of rotatable bonds is 11. The molecule has 174 valence electrons. The Kier molecular flexibility index (Phi) is 10.3. The summed E-state index contributed by atoms with van der Waals surface area (Å²) in [7, 11) is 4.49. The lowest BCUT2D eigenvalue weighted by atomic mass is 9.72. The normalized spacial score (nSPS) is 12.4. The molecule has 0 aliphatic carbocycles. The highest BCUT2D eigenvalue weighted by Gasteiger charge is 2.27. The molecule has 0 unspecified atom stereocenters. The predicted octanol–water partition coefficient (Wildman–Crippen LogP) is 6.71. The van der Waals surface area contributed by atoms with Crippen LogP contribution in [0.25, 0.3) is 0 Å². The third-order valence-corrected chi connectivity index (χ3v) is 5.40. The van der Waals surface area contributed by atoms with Gasteiger partial charge in [-0.2, -0.15) is 0 Å². The van der Waals surface area contributed by atoms with E-state index >= 15 is 0 Å². The van der Waals surface area contributed by atoms with Crippen LogP contribution in [0.5, 0.6) is 5.75 Å². The van der Waals surface area contributed by atoms with Crippen molar-refractivity contribution in [3.05, 3.63) is 65.7 Å². The average molecular weight is 429 g/mol. The summed E-state index contributed by atoms with van der Waals surface area (Å²) >= 11 is 0. The third-order valence-electron chi connectivity index (χ3n) is 5.40. The van der Waals surface area contributed by atoms with Gasteiger partial charge in [0.05, 0.1) is 27.3 Å². The Labute approximate surface area is 192 Å². The van der Waals surface area contributed by atoms with Crippen LogP contribution in [-0.4, -0.2) is 44.9 Å². The van der Waals surface area contributed by atoms with Crippen LogP contribution >= 0.6 is 0 Å². The molecule has 3 heteroatoms. The van der Waals surface area contributed by atoms with Crippen molar-refractivity contribution in [1.29, 1.82) is 0 Å². The average Bonchev–Trinajstić information content (AvgIpc) is 2.63. The lowest BCUT2D eigenvalue weighted by molar-refractivity contribution is -0.904. The summed E-state index contributed by atoms with van der Waals surface area (Å²) in [4.78, 5) is 0. The summed E-state index contributed by atoms with van der Waals surface area (Å²) < 4.78 is 12.6. The van der Waals surface area contributed by atoms with Crippen LogP contribution in [-0.2, 0) is 16.7 Å². The van der Waals surface area contributed by atoms with Gasteiger partial charge in [-0.15, -0.1) is 0 Å². The zero-order valence-corrected chi connectivity index (χ0v) is 20.2. The van der Waals surface area contributed by atoms with E-state index in [1.54, 1.807) is 0 Å². The minimum Gasteiger partial charge on any atom is -0.491 e. The number of likely N-dealkylation sites (N-methyl/N-ethyl adjacent to an activating group) is 1. The van der Waals surface area contributed by atoms with Crippen LogP contribution < -0.4 is 4.74 Å². The van der Waals surface area contributed by atoms with Crippen molar-refractivity contribution in [2.75, 3.05) is 40.5 Å². The van der Waals surface area contributed by atoms with E-state index in [0.717, 1.165) is 36.3 Å². The van der Waals surface area contributed by atoms with Gasteiger partial charge in [0.25, 0.3) is 0 Å². The van der Waals surface area contributed by atoms with Crippen molar-refractivity contribution in [3.63, 3.8) is 0 Å². The second-order valence-corrected chi connectivity index (χ2v) is 10.9. The van der Waals surface area contributed by atoms with Crippen molar-refractivity contribution in [2.45, 2.75) is 60.4 Å². The van der Waals surface area contributed by atoms with Gasteiger partial charge in [-0.1, -0.05) is 84.5 Å². The van der Waals surface area contributed by atoms with Gasteiger partial charge in [0.2, 0.25) is 0 Å². The molecule has 0 N–H and O–H groups in total. The lowest BCUT2D eigenvalue weighted by Crippen LogP contribution is -2.41. The summed E-state index contributed by atoms with van der Waals surface area (Å²) in [6, 6.07) is 19.2. The Bertz CT molecular complexity index is 743. The third kappa shape index (κ3) is 10.3. The van der Waals surface area contributed by atoms with Gasteiger partial charge in [0, 0.05) is 5.56 Å². The Morgan fingerprint density at radius 2 is 1.39 bits per heavy atom. The van der Waals surface area contributed by atoms with Crippen molar-refractivity contribution in [2.24, 2.45) is 5.41 Å². The second kappa shape index (κ2) is 11.7. The molecule has 0 spiro atoms. The number of ether oxygens (including phenoxy) is 2. The first kappa shape index (κ1) is 27.2. The van der Waals surface area contributed by atoms with Crippen LogP contribution in [0.1, 0.15) is 59.6 Å². The zero-order valence-electron chi connectivity index (χ0n) is 20.2. The first-order valence-electron chi connectivity index (χ1n) is 11.1. The van der Waals surface area contributed by atoms with E-state index in [1.807, 2.05) is 0 Å². The van der Waals surface area contributed by atoms with Crippen LogP contribution in [0.4, 0.5) is 0 Å². The van der Waals surface area contributed by atoms with Crippen molar-refractivity contribution >= 4 is 0 Å². The van der Waals surface area contributed by atoms with E-state index in [4.69, 9.17) is 9.47 Å². The minimum atomic E-state index is 0. The molecule has 0 fully saturated rings. The van der Waals surface area contributed by atoms with Crippen LogP contribution in [0, 0.1) is 5.41 Å². The standard InChI is InChI=1S/C27H42NO2.CH4/c1-26(2,3)22-27(4,5)24-13-15-25(16-14-24)30-20-19-29-18-17-28(6,7)21-23-11-9-8-10-12-23;/h8-16H,17-22H2,1-7H3;1H4/q+1;. The van der Waals surface area contributed by atoms with Gasteiger partial charge in [-0.05, 0) is 34.9 Å². The Balaban J connectivity index is 0.00000480. The number of hydrogen-bond acceptors (Lipinski definition) is 2. The molecule has 0 aliphatic heterocycles. The van der Waals surface area contributed by atoms with E-state index in [-0.39, 0.29) is 12.8 Å². The van der Waals surface area contributed by atoms with Crippen LogP contribution in [0.15, 0.2) is 54.6 Å². The fraction of sp³-hybridized carbons (Fsp3) is 0.571. The maximum absolute atomic E-state index is 5.87. The van der Waals surface area contributed by atoms with Gasteiger partial charge in [0.15, 0.2) is 0 Å². The molecule has 3 nitrogen and oxygen atoms in total. The highest BCUT2D eigenvalue weighted by atomic mass is 16.5. The van der Waals surface area contributed by atoms with Crippen molar-refractivity contribution < 1.29 is 14.0 Å². The smallest absolute Gasteiger partial charge is 0.119 e. The van der Waals surface area contributed by atoms with E-state index in [0.29, 0.717) is 18.6 Å². The molecular weight excluding hydrogens is 382 g/mol. The summed E-state index contributed by atoms with van der Waals surface area (Å²) in [6.45, 7) is 15.5. The minimum absolute atomic E-state index is 0. The lowest BCUT2D eigenvalue weighted by Gasteiger charge is -2.33. The van der Waals surface area contributed by atoms with Gasteiger partial charge >= 0.3 is 0 Å². The zero-order chi connectivity index (χ0) is 22.3. The molecule has 0 bridgehead atoms. The first-order chi connectivity index (χ1) is 14.0. The maximum Gasteiger partial charge on any atom is 0.119 e. The highest BCUT2D eigenvalue weighted by Crippen LogP contribution is 2.36. The highest BCUT2D eigenvalue weighted by molar-refractivity contribution is 5.31. The quantitative estimate of drug-likeness (QED) is 0.292. The maximum atomic E-state index is 5.87. The molecule has 0 aromatic heterocycles. The van der Waals surface area contributed by atoms with Crippen LogP contribution in [0.3, 0.4) is 0 Å². The molecule has 31 heavy (non-hydrogen) atoms. The van der Waals surface area contributed by atoms with Gasteiger partial charge < -0.3 is 14.0 Å². The molecule has 2 rings (SSSR count). The number of nitrogens with zero attached hydrogens (tertiary/aromatic N) is 1. The molecule has 0 radical (unpaired) electrons. The van der Waals surface area contributed by atoms with Crippen molar-refractivity contribution in [1.82, 2.24) is 0 Å². The fourth-order valence-corrected chi connectivity index (χ4v) is 4.22. The Hall–Kier alpha value is -1.84. The predicted molar refractivity (Wildman–Crippen MR) is 134 cm³/mol. The molecule has 0 saturated heterocycles. The molecular formula is C28H46NO2+. The Morgan fingerprint density at radius 3 is 1.97 bits per heavy atom. The van der Waals surface area contributed by atoms with E-state index < -0.39 is 0 Å². The summed E-state index contributed by atoms with van der Waals surface area (Å²) in [5.41, 5.74) is 3.19. The molecule has 0 aliphatic rings. The molecule has 0 amide bonds. The van der Waals surface area contributed by atoms with E-state index in [1.165, 1.54) is 11.1 Å². The summed E-state index contributed by atoms with van der Waals surface area (Å²) in [5.74, 6) is 0.911. The number of benzene rings is 2. The van der Waals surface area contributed by atoms with E-state index in [9.17, 15) is 0 Å². The van der Waals surface area contributed by atoms with Crippen LogP contribution in [0.2, 0.25) is 0 Å². The second-order valence-electron chi connectivity index (χ2n) is 10.9. The number of quaternary nitrogens is 1. The van der Waals surface area contributed by atoms with Gasteiger partial charge in [-0.3, -0.25) is 0 Å². The van der Waals surface area contributed by atoms with Gasteiger partial charge in [0.1, 0.15) is 25.4 Å². The molecule has 0 heterocycles. The topological polar surface area (TPSA) is 18.5 Å². The Morgan fingerprint density at radius 1 is 0.774 bits per heavy atom. The van der Waals surface area contributed by atoms with Gasteiger partial charge in [-0.25, -0.2) is 0 Å². The SMILES string of the molecule is C.CC(C)(C)CC(C)(C)c1ccc(OCCOCC[N+](C)(C)Cc2ccccc2)cc1. The largest absolute Gasteiger partial charge is 0.491 e. The summed E-state index contributed by atoms with van der Waals surface area (Å²) in [5, 5.41) is 0. The monoisotopic (exact) mass is 428 g/mol. The molecule has 0 saturated carbocycles. The number of hydrogen-bond donors (Lipinski definition) is 0. The van der Waals surface area contributed by atoms with E-state index in [2.05, 4.69) is 103 Å². The molecule has 2 aromatic rings. The first-order valence-corrected chi connectivity index (χ1v) is 11.1. The molecule has 0 atom stereocenters. The fourth-order valence-electron chi connectivity index (χ4n) is 4.22. The summed E-state index contributed by atoms with van der Waals surface area (Å²) in [6.07, 6.45) is 1.15.